The average molecular weight is 333 g/mol. The van der Waals surface area contributed by atoms with Crippen LogP contribution in [0.2, 0.25) is 0 Å². The minimum absolute atomic E-state index is 0.0346. The Hall–Kier alpha value is -1.82. The SMILES string of the molecule is CC(C)N=C1S[C@@H](CC(=O)Nc2ccccc2)C(=O)N1C(C)C. The number of hydrogen-bond acceptors (Lipinski definition) is 4. The molecule has 124 valence electrons. The van der Waals surface area contributed by atoms with Crippen LogP contribution in [0.15, 0.2) is 35.3 Å². The van der Waals surface area contributed by atoms with Gasteiger partial charge in [-0.3, -0.25) is 19.5 Å². The Morgan fingerprint density at radius 1 is 1.26 bits per heavy atom. The Labute approximate surface area is 141 Å². The van der Waals surface area contributed by atoms with Crippen LogP contribution in [0.4, 0.5) is 5.69 Å². The second kappa shape index (κ2) is 7.64. The fourth-order valence-corrected chi connectivity index (χ4v) is 3.69. The molecular weight excluding hydrogens is 310 g/mol. The predicted octanol–water partition coefficient (Wildman–Crippen LogP) is 3.13. The molecule has 2 amide bonds. The lowest BCUT2D eigenvalue weighted by Gasteiger charge is -2.21. The molecular formula is C17H23N3O2S. The van der Waals surface area contributed by atoms with Gasteiger partial charge in [0, 0.05) is 24.2 Å². The van der Waals surface area contributed by atoms with E-state index in [1.54, 1.807) is 4.90 Å². The molecule has 0 aliphatic carbocycles. The number of thioether (sulfide) groups is 1. The van der Waals surface area contributed by atoms with Gasteiger partial charge in [-0.2, -0.15) is 0 Å². The second-order valence-corrected chi connectivity index (χ2v) is 7.20. The summed E-state index contributed by atoms with van der Waals surface area (Å²) in [5, 5.41) is 3.14. The summed E-state index contributed by atoms with van der Waals surface area (Å²) in [7, 11) is 0. The van der Waals surface area contributed by atoms with Gasteiger partial charge in [-0.1, -0.05) is 30.0 Å². The molecule has 1 fully saturated rings. The number of carbonyl (C=O) groups excluding carboxylic acids is 2. The first-order valence-corrected chi connectivity index (χ1v) is 8.69. The third-order valence-electron chi connectivity index (χ3n) is 3.28. The summed E-state index contributed by atoms with van der Waals surface area (Å²) in [6, 6.07) is 9.42. The molecule has 6 heteroatoms. The first-order chi connectivity index (χ1) is 10.9. The van der Waals surface area contributed by atoms with Gasteiger partial charge in [-0.25, -0.2) is 0 Å². The number of nitrogens with one attached hydrogen (secondary N) is 1. The number of amidine groups is 1. The quantitative estimate of drug-likeness (QED) is 0.900. The van der Waals surface area contributed by atoms with E-state index in [1.165, 1.54) is 11.8 Å². The fourth-order valence-electron chi connectivity index (χ4n) is 2.30. The summed E-state index contributed by atoms with van der Waals surface area (Å²) in [5.41, 5.74) is 0.740. The van der Waals surface area contributed by atoms with E-state index in [4.69, 9.17) is 0 Å². The minimum atomic E-state index is -0.404. The highest BCUT2D eigenvalue weighted by Crippen LogP contribution is 2.31. The van der Waals surface area contributed by atoms with E-state index in [2.05, 4.69) is 10.3 Å². The van der Waals surface area contributed by atoms with Crippen LogP contribution in [-0.4, -0.2) is 39.2 Å². The largest absolute Gasteiger partial charge is 0.326 e. The lowest BCUT2D eigenvalue weighted by atomic mass is 10.2. The summed E-state index contributed by atoms with van der Waals surface area (Å²) < 4.78 is 0. The molecule has 0 spiro atoms. The van der Waals surface area contributed by atoms with Gasteiger partial charge < -0.3 is 5.32 Å². The third-order valence-corrected chi connectivity index (χ3v) is 4.45. The van der Waals surface area contributed by atoms with Crippen LogP contribution in [0, 0.1) is 0 Å². The van der Waals surface area contributed by atoms with Crippen molar-refractivity contribution in [3.05, 3.63) is 30.3 Å². The van der Waals surface area contributed by atoms with E-state index < -0.39 is 5.25 Å². The zero-order chi connectivity index (χ0) is 17.0. The number of nitrogens with zero attached hydrogens (tertiary/aromatic N) is 2. The Morgan fingerprint density at radius 3 is 2.48 bits per heavy atom. The minimum Gasteiger partial charge on any atom is -0.326 e. The van der Waals surface area contributed by atoms with Gasteiger partial charge in [-0.15, -0.1) is 0 Å². The van der Waals surface area contributed by atoms with E-state index in [-0.39, 0.29) is 30.3 Å². The van der Waals surface area contributed by atoms with Gasteiger partial charge >= 0.3 is 0 Å². The molecule has 1 atom stereocenters. The molecule has 23 heavy (non-hydrogen) atoms. The molecule has 0 bridgehead atoms. The maximum absolute atomic E-state index is 12.6. The van der Waals surface area contributed by atoms with Gasteiger partial charge in [-0.05, 0) is 39.8 Å². The first-order valence-electron chi connectivity index (χ1n) is 7.81. The summed E-state index contributed by atoms with van der Waals surface area (Å²) in [6.07, 6.45) is 0.152. The van der Waals surface area contributed by atoms with E-state index >= 15 is 0 Å². The molecule has 1 N–H and O–H groups in total. The van der Waals surface area contributed by atoms with Gasteiger partial charge in [0.1, 0.15) is 5.25 Å². The van der Waals surface area contributed by atoms with E-state index in [9.17, 15) is 9.59 Å². The predicted molar refractivity (Wildman–Crippen MR) is 95.6 cm³/mol. The number of amides is 2. The average Bonchev–Trinajstić information content (AvgIpc) is 2.75. The van der Waals surface area contributed by atoms with E-state index in [0.29, 0.717) is 0 Å². The van der Waals surface area contributed by atoms with Crippen molar-refractivity contribution >= 4 is 34.4 Å². The van der Waals surface area contributed by atoms with E-state index in [0.717, 1.165) is 10.9 Å². The van der Waals surface area contributed by atoms with Gasteiger partial charge in [0.05, 0.1) is 0 Å². The zero-order valence-electron chi connectivity index (χ0n) is 13.9. The Morgan fingerprint density at radius 2 is 1.91 bits per heavy atom. The van der Waals surface area contributed by atoms with Gasteiger partial charge in [0.25, 0.3) is 0 Å². The lowest BCUT2D eigenvalue weighted by Crippen LogP contribution is -2.38. The van der Waals surface area contributed by atoms with Crippen LogP contribution >= 0.6 is 11.8 Å². The number of aliphatic imine (C=N–C) groups is 1. The maximum atomic E-state index is 12.6. The van der Waals surface area contributed by atoms with E-state index in [1.807, 2.05) is 58.0 Å². The molecule has 1 aromatic carbocycles. The molecule has 1 aliphatic rings. The Balaban J connectivity index is 2.05. The molecule has 1 heterocycles. The standard InChI is InChI=1S/C17H23N3O2S/c1-11(2)18-17-20(12(3)4)16(22)14(23-17)10-15(21)19-13-8-6-5-7-9-13/h5-9,11-12,14H,10H2,1-4H3,(H,19,21)/t14-/m0/s1. The molecule has 1 saturated heterocycles. The number of hydrogen-bond donors (Lipinski definition) is 1. The number of para-hydroxylation sites is 1. The van der Waals surface area contributed by atoms with Gasteiger partial charge in [0.15, 0.2) is 5.17 Å². The second-order valence-electron chi connectivity index (χ2n) is 6.03. The van der Waals surface area contributed by atoms with Crippen molar-refractivity contribution in [2.75, 3.05) is 5.32 Å². The van der Waals surface area contributed by atoms with Crippen LogP contribution in [0.1, 0.15) is 34.1 Å². The fraction of sp³-hybridized carbons (Fsp3) is 0.471. The molecule has 1 aliphatic heterocycles. The maximum Gasteiger partial charge on any atom is 0.242 e. The van der Waals surface area contributed by atoms with Crippen molar-refractivity contribution < 1.29 is 9.59 Å². The highest BCUT2D eigenvalue weighted by Gasteiger charge is 2.40. The Bertz CT molecular complexity index is 599. The molecule has 5 nitrogen and oxygen atoms in total. The van der Waals surface area contributed by atoms with Crippen molar-refractivity contribution in [3.63, 3.8) is 0 Å². The molecule has 0 saturated carbocycles. The van der Waals surface area contributed by atoms with Crippen molar-refractivity contribution in [1.29, 1.82) is 0 Å². The van der Waals surface area contributed by atoms with Crippen molar-refractivity contribution in [1.82, 2.24) is 4.90 Å². The molecule has 2 rings (SSSR count). The van der Waals surface area contributed by atoms with Crippen LogP contribution in [-0.2, 0) is 9.59 Å². The van der Waals surface area contributed by atoms with Crippen LogP contribution in [0.5, 0.6) is 0 Å². The number of benzene rings is 1. The molecule has 1 aromatic rings. The number of rotatable bonds is 5. The van der Waals surface area contributed by atoms with Crippen LogP contribution in [0.25, 0.3) is 0 Å². The van der Waals surface area contributed by atoms with Crippen molar-refractivity contribution in [2.45, 2.75) is 51.4 Å². The van der Waals surface area contributed by atoms with Crippen LogP contribution < -0.4 is 5.32 Å². The first kappa shape index (κ1) is 17.5. The third kappa shape index (κ3) is 4.58. The summed E-state index contributed by atoms with van der Waals surface area (Å²) >= 11 is 1.39. The molecule has 0 aromatic heterocycles. The zero-order valence-corrected chi connectivity index (χ0v) is 14.8. The smallest absolute Gasteiger partial charge is 0.242 e. The number of anilines is 1. The number of carbonyl (C=O) groups is 2. The van der Waals surface area contributed by atoms with Crippen molar-refractivity contribution in [3.8, 4) is 0 Å². The van der Waals surface area contributed by atoms with Crippen LogP contribution in [0.3, 0.4) is 0 Å². The highest BCUT2D eigenvalue weighted by molar-refractivity contribution is 8.15. The summed E-state index contributed by atoms with van der Waals surface area (Å²) in [6.45, 7) is 7.87. The topological polar surface area (TPSA) is 61.8 Å². The highest BCUT2D eigenvalue weighted by atomic mass is 32.2. The molecule has 0 radical (unpaired) electrons. The van der Waals surface area contributed by atoms with Gasteiger partial charge in [0.2, 0.25) is 11.8 Å². The lowest BCUT2D eigenvalue weighted by molar-refractivity contribution is -0.129. The summed E-state index contributed by atoms with van der Waals surface area (Å²) in [5.74, 6) is -0.191. The monoisotopic (exact) mass is 333 g/mol. The van der Waals surface area contributed by atoms with Crippen molar-refractivity contribution in [2.24, 2.45) is 4.99 Å². The molecule has 0 unspecified atom stereocenters. The summed E-state index contributed by atoms with van der Waals surface area (Å²) in [4.78, 5) is 31.0. The normalized spacial score (nSPS) is 19.9. The Kier molecular flexibility index (Phi) is 5.82.